The van der Waals surface area contributed by atoms with Gasteiger partial charge in [0.2, 0.25) is 0 Å². The first-order valence-electron chi connectivity index (χ1n) is 3.56. The molecule has 0 aliphatic rings. The van der Waals surface area contributed by atoms with Crippen LogP contribution >= 0.6 is 23.2 Å². The summed E-state index contributed by atoms with van der Waals surface area (Å²) in [5.74, 6) is -0.000926. The minimum absolute atomic E-state index is 0.000926. The van der Waals surface area contributed by atoms with Gasteiger partial charge in [0.1, 0.15) is 0 Å². The van der Waals surface area contributed by atoms with Crippen LogP contribution in [0.15, 0.2) is 6.20 Å². The van der Waals surface area contributed by atoms with Gasteiger partial charge >= 0.3 is 0 Å². The van der Waals surface area contributed by atoms with E-state index in [2.05, 4.69) is 4.98 Å². The fourth-order valence-corrected chi connectivity index (χ4v) is 1.63. The highest BCUT2D eigenvalue weighted by molar-refractivity contribution is 6.31. The summed E-state index contributed by atoms with van der Waals surface area (Å²) >= 11 is 11.1. The molecule has 0 radical (unpaired) electrons. The molecule has 0 fully saturated rings. The molecule has 5 heteroatoms. The van der Waals surface area contributed by atoms with Crippen LogP contribution in [0.5, 0.6) is 0 Å². The van der Waals surface area contributed by atoms with Crippen LogP contribution in [0, 0.1) is 6.92 Å². The van der Waals surface area contributed by atoms with E-state index in [1.807, 2.05) is 0 Å². The maximum Gasteiger partial charge on any atom is 0.265 e. The van der Waals surface area contributed by atoms with E-state index < -0.39 is 6.43 Å². The average molecular weight is 226 g/mol. The van der Waals surface area contributed by atoms with Crippen LogP contribution in [0.1, 0.15) is 23.2 Å². The normalized spacial score (nSPS) is 10.9. The minimum Gasteiger partial charge on any atom is -0.260 e. The Morgan fingerprint density at radius 1 is 1.54 bits per heavy atom. The summed E-state index contributed by atoms with van der Waals surface area (Å²) in [4.78, 5) is 3.84. The van der Waals surface area contributed by atoms with Crippen molar-refractivity contribution in [1.29, 1.82) is 0 Å². The van der Waals surface area contributed by atoms with Gasteiger partial charge in [0, 0.05) is 23.3 Å². The van der Waals surface area contributed by atoms with E-state index in [0.29, 0.717) is 11.3 Å². The van der Waals surface area contributed by atoms with Gasteiger partial charge < -0.3 is 0 Å². The Kier molecular flexibility index (Phi) is 3.45. The number of aryl methyl sites for hydroxylation is 1. The van der Waals surface area contributed by atoms with Crippen molar-refractivity contribution in [1.82, 2.24) is 4.98 Å². The van der Waals surface area contributed by atoms with E-state index in [0.717, 1.165) is 0 Å². The lowest BCUT2D eigenvalue weighted by atomic mass is 10.1. The summed E-state index contributed by atoms with van der Waals surface area (Å²) in [7, 11) is 0. The molecule has 0 aliphatic carbocycles. The van der Waals surface area contributed by atoms with Crippen molar-refractivity contribution < 1.29 is 8.78 Å². The van der Waals surface area contributed by atoms with Crippen LogP contribution in [0.4, 0.5) is 8.78 Å². The molecule has 0 N–H and O–H groups in total. The van der Waals surface area contributed by atoms with E-state index in [-0.39, 0.29) is 16.5 Å². The predicted octanol–water partition coefficient (Wildman–Crippen LogP) is 3.72. The minimum atomic E-state index is -2.61. The molecule has 1 aromatic heterocycles. The Bertz CT molecular complexity index is 315. The molecular weight excluding hydrogens is 219 g/mol. The third kappa shape index (κ3) is 2.09. The number of alkyl halides is 3. The van der Waals surface area contributed by atoms with Gasteiger partial charge in [-0.2, -0.15) is 0 Å². The third-order valence-electron chi connectivity index (χ3n) is 1.74. The van der Waals surface area contributed by atoms with Crippen LogP contribution in [-0.2, 0) is 5.88 Å². The summed E-state index contributed by atoms with van der Waals surface area (Å²) in [6.07, 6.45) is -1.39. The zero-order valence-electron chi connectivity index (χ0n) is 6.82. The molecule has 13 heavy (non-hydrogen) atoms. The highest BCUT2D eigenvalue weighted by Crippen LogP contribution is 2.31. The monoisotopic (exact) mass is 225 g/mol. The second-order valence-electron chi connectivity index (χ2n) is 2.52. The molecule has 0 unspecified atom stereocenters. The zero-order valence-corrected chi connectivity index (χ0v) is 8.33. The molecule has 0 atom stereocenters. The highest BCUT2D eigenvalue weighted by atomic mass is 35.5. The standard InChI is InChI=1S/C8H7Cl2F2N/c1-4-5(2-9)7(8(11)12)6(10)3-13-4/h3,8H,2H2,1H3. The van der Waals surface area contributed by atoms with Gasteiger partial charge in [-0.1, -0.05) is 11.6 Å². The summed E-state index contributed by atoms with van der Waals surface area (Å²) in [5.41, 5.74) is 0.614. The largest absolute Gasteiger partial charge is 0.265 e. The molecule has 0 spiro atoms. The van der Waals surface area contributed by atoms with E-state index in [1.54, 1.807) is 6.92 Å². The third-order valence-corrected chi connectivity index (χ3v) is 2.31. The van der Waals surface area contributed by atoms with Crippen LogP contribution in [0.2, 0.25) is 5.02 Å². The molecule has 1 rings (SSSR count). The van der Waals surface area contributed by atoms with Crippen LogP contribution in [0.25, 0.3) is 0 Å². The van der Waals surface area contributed by atoms with Crippen molar-refractivity contribution >= 4 is 23.2 Å². The van der Waals surface area contributed by atoms with E-state index >= 15 is 0 Å². The Hall–Kier alpha value is -0.410. The van der Waals surface area contributed by atoms with Crippen LogP contribution in [-0.4, -0.2) is 4.98 Å². The van der Waals surface area contributed by atoms with Crippen LogP contribution < -0.4 is 0 Å². The van der Waals surface area contributed by atoms with Gasteiger partial charge in [-0.15, -0.1) is 11.6 Å². The lowest BCUT2D eigenvalue weighted by Crippen LogP contribution is -1.99. The summed E-state index contributed by atoms with van der Waals surface area (Å²) < 4.78 is 25.0. The summed E-state index contributed by atoms with van der Waals surface area (Å²) in [6, 6.07) is 0. The van der Waals surface area contributed by atoms with Crippen molar-refractivity contribution in [2.24, 2.45) is 0 Å². The molecule has 1 aromatic rings. The lowest BCUT2D eigenvalue weighted by molar-refractivity contribution is 0.150. The first-order valence-corrected chi connectivity index (χ1v) is 4.47. The van der Waals surface area contributed by atoms with Crippen molar-refractivity contribution in [3.8, 4) is 0 Å². The molecule has 0 saturated carbocycles. The van der Waals surface area contributed by atoms with E-state index in [4.69, 9.17) is 23.2 Å². The maximum atomic E-state index is 12.5. The summed E-state index contributed by atoms with van der Waals surface area (Å²) in [6.45, 7) is 1.62. The van der Waals surface area contributed by atoms with Gasteiger partial charge in [0.05, 0.1) is 5.02 Å². The van der Waals surface area contributed by atoms with Crippen LogP contribution in [0.3, 0.4) is 0 Å². The average Bonchev–Trinajstić information content (AvgIpc) is 2.07. The first-order chi connectivity index (χ1) is 6.07. The quantitative estimate of drug-likeness (QED) is 0.700. The summed E-state index contributed by atoms with van der Waals surface area (Å²) in [5, 5.41) is -0.0312. The van der Waals surface area contributed by atoms with Crippen molar-refractivity contribution in [3.05, 3.63) is 28.0 Å². The molecule has 0 aromatic carbocycles. The van der Waals surface area contributed by atoms with Gasteiger partial charge in [-0.05, 0) is 12.5 Å². The Balaban J connectivity index is 3.35. The molecule has 0 amide bonds. The second-order valence-corrected chi connectivity index (χ2v) is 3.19. The van der Waals surface area contributed by atoms with Crippen molar-refractivity contribution in [2.75, 3.05) is 0 Å². The van der Waals surface area contributed by atoms with Crippen molar-refractivity contribution in [2.45, 2.75) is 19.2 Å². The number of halogens is 4. The fourth-order valence-electron chi connectivity index (χ4n) is 1.04. The van der Waals surface area contributed by atoms with E-state index in [1.165, 1.54) is 6.20 Å². The number of hydrogen-bond donors (Lipinski definition) is 0. The second kappa shape index (κ2) is 4.20. The fraction of sp³-hybridized carbons (Fsp3) is 0.375. The lowest BCUT2D eigenvalue weighted by Gasteiger charge is -2.10. The van der Waals surface area contributed by atoms with E-state index in [9.17, 15) is 8.78 Å². The Morgan fingerprint density at radius 2 is 2.15 bits per heavy atom. The molecule has 0 bridgehead atoms. The van der Waals surface area contributed by atoms with Crippen molar-refractivity contribution in [3.63, 3.8) is 0 Å². The SMILES string of the molecule is Cc1ncc(Cl)c(C(F)F)c1CCl. The number of pyridine rings is 1. The Labute approximate surface area is 84.7 Å². The number of aromatic nitrogens is 1. The van der Waals surface area contributed by atoms with Gasteiger partial charge in [0.25, 0.3) is 6.43 Å². The van der Waals surface area contributed by atoms with Gasteiger partial charge in [-0.25, -0.2) is 8.78 Å². The topological polar surface area (TPSA) is 12.9 Å². The smallest absolute Gasteiger partial charge is 0.260 e. The predicted molar refractivity (Wildman–Crippen MR) is 48.5 cm³/mol. The molecular formula is C8H7Cl2F2N. The number of rotatable bonds is 2. The molecule has 1 nitrogen and oxygen atoms in total. The number of nitrogens with zero attached hydrogens (tertiary/aromatic N) is 1. The van der Waals surface area contributed by atoms with Gasteiger partial charge in [-0.3, -0.25) is 4.98 Å². The number of hydrogen-bond acceptors (Lipinski definition) is 1. The zero-order chi connectivity index (χ0) is 10.0. The Morgan fingerprint density at radius 3 is 2.54 bits per heavy atom. The van der Waals surface area contributed by atoms with Gasteiger partial charge in [0.15, 0.2) is 0 Å². The molecule has 1 heterocycles. The highest BCUT2D eigenvalue weighted by Gasteiger charge is 2.18. The molecule has 72 valence electrons. The molecule has 0 saturated heterocycles. The molecule has 0 aliphatic heterocycles. The first kappa shape index (κ1) is 10.7. The maximum absolute atomic E-state index is 12.5.